The molecule has 8 nitrogen and oxygen atoms in total. The molecule has 0 aromatic rings. The summed E-state index contributed by atoms with van der Waals surface area (Å²) in [5.74, 6) is -0.177. The second-order valence-electron chi connectivity index (χ2n) is 21.3. The highest BCUT2D eigenvalue weighted by molar-refractivity contribution is 7.47. The van der Waals surface area contributed by atoms with E-state index in [2.05, 4.69) is 92.1 Å². The van der Waals surface area contributed by atoms with Crippen LogP contribution in [0, 0.1) is 0 Å². The molecule has 0 spiro atoms. The standard InChI is InChI=1S/C63H115N2O6P/c1-6-8-10-12-14-16-18-20-21-22-23-24-25-26-27-28-29-30-31-32-33-34-35-36-37-38-39-40-41-42-43-45-47-49-51-53-55-57-63(67)64-61(60-71-72(68,69)70-59-58-65(3,4)5)62(66)56-54-52-50-48-46-44-19-17-15-13-11-9-7-2/h8,10,14,16,20-21,23-24,26-27,29-30,54,56,61-62,66H,6-7,9,11-13,15,17-19,22,25,28,31-53,55,57-60H2,1-5H3,(H-,64,67,68,69)/p+1/b10-8-,16-14-,21-20-,24-23-,27-26-,30-29-,56-54+. The molecule has 418 valence electrons. The first kappa shape index (κ1) is 69.7. The molecule has 0 saturated carbocycles. The van der Waals surface area contributed by atoms with Crippen molar-refractivity contribution in [3.63, 3.8) is 0 Å². The molecule has 0 bridgehead atoms. The number of hydrogen-bond donors (Lipinski definition) is 3. The van der Waals surface area contributed by atoms with Crippen molar-refractivity contribution in [1.29, 1.82) is 0 Å². The maximum atomic E-state index is 13.0. The molecule has 0 heterocycles. The Morgan fingerprint density at radius 3 is 1.22 bits per heavy atom. The number of nitrogens with one attached hydrogen (secondary N) is 1. The van der Waals surface area contributed by atoms with Crippen LogP contribution in [0.25, 0.3) is 0 Å². The summed E-state index contributed by atoms with van der Waals surface area (Å²) in [5, 5.41) is 13.9. The van der Waals surface area contributed by atoms with Gasteiger partial charge in [0.1, 0.15) is 13.2 Å². The van der Waals surface area contributed by atoms with Crippen molar-refractivity contribution < 1.29 is 32.9 Å². The van der Waals surface area contributed by atoms with E-state index in [9.17, 15) is 19.4 Å². The number of phosphoric ester groups is 1. The minimum absolute atomic E-state index is 0.0603. The lowest BCUT2D eigenvalue weighted by atomic mass is 10.0. The van der Waals surface area contributed by atoms with Crippen LogP contribution in [0.5, 0.6) is 0 Å². The third-order valence-electron chi connectivity index (χ3n) is 13.1. The van der Waals surface area contributed by atoms with Crippen molar-refractivity contribution in [3.05, 3.63) is 85.1 Å². The van der Waals surface area contributed by atoms with Gasteiger partial charge < -0.3 is 19.8 Å². The van der Waals surface area contributed by atoms with Crippen molar-refractivity contribution in [2.75, 3.05) is 40.9 Å². The van der Waals surface area contributed by atoms with Gasteiger partial charge in [-0.3, -0.25) is 13.8 Å². The second kappa shape index (κ2) is 53.5. The van der Waals surface area contributed by atoms with Crippen molar-refractivity contribution in [1.82, 2.24) is 5.32 Å². The molecule has 0 aliphatic rings. The van der Waals surface area contributed by atoms with E-state index in [1.54, 1.807) is 6.08 Å². The van der Waals surface area contributed by atoms with Crippen molar-refractivity contribution in [2.45, 2.75) is 270 Å². The maximum Gasteiger partial charge on any atom is 0.472 e. The smallest absolute Gasteiger partial charge is 0.387 e. The molecule has 3 atom stereocenters. The predicted molar refractivity (Wildman–Crippen MR) is 313 cm³/mol. The zero-order valence-corrected chi connectivity index (χ0v) is 48.5. The minimum atomic E-state index is -4.34. The van der Waals surface area contributed by atoms with Crippen molar-refractivity contribution in [3.8, 4) is 0 Å². The highest BCUT2D eigenvalue weighted by atomic mass is 31.2. The van der Waals surface area contributed by atoms with E-state index in [1.807, 2.05) is 27.2 Å². The Morgan fingerprint density at radius 1 is 0.486 bits per heavy atom. The van der Waals surface area contributed by atoms with E-state index in [0.717, 1.165) is 77.0 Å². The fraction of sp³-hybridized carbons (Fsp3) is 0.762. The normalized spacial score (nSPS) is 14.5. The maximum absolute atomic E-state index is 13.0. The third-order valence-corrected chi connectivity index (χ3v) is 14.1. The first-order chi connectivity index (χ1) is 35.0. The molecule has 3 N–H and O–H groups in total. The van der Waals surface area contributed by atoms with Crippen LogP contribution >= 0.6 is 7.82 Å². The molecule has 0 aromatic carbocycles. The first-order valence-electron chi connectivity index (χ1n) is 30.0. The molecule has 0 fully saturated rings. The topological polar surface area (TPSA) is 105 Å². The summed E-state index contributed by atoms with van der Waals surface area (Å²) < 4.78 is 23.7. The van der Waals surface area contributed by atoms with Crippen molar-refractivity contribution >= 4 is 13.7 Å². The third kappa shape index (κ3) is 55.4. The largest absolute Gasteiger partial charge is 0.472 e. The van der Waals surface area contributed by atoms with Crippen LogP contribution in [0.15, 0.2) is 85.1 Å². The van der Waals surface area contributed by atoms with Crippen LogP contribution in [-0.2, 0) is 18.4 Å². The number of rotatable bonds is 54. The number of unbranched alkanes of at least 4 members (excludes halogenated alkanes) is 29. The second-order valence-corrected chi connectivity index (χ2v) is 22.8. The summed E-state index contributed by atoms with van der Waals surface area (Å²) in [7, 11) is 1.57. The van der Waals surface area contributed by atoms with Crippen LogP contribution in [-0.4, -0.2) is 73.4 Å². The molecular formula is C63H116N2O6P+. The van der Waals surface area contributed by atoms with Crippen LogP contribution < -0.4 is 5.32 Å². The van der Waals surface area contributed by atoms with E-state index < -0.39 is 20.0 Å². The molecule has 0 aliphatic carbocycles. The Balaban J connectivity index is 3.98. The number of aliphatic hydroxyl groups is 1. The van der Waals surface area contributed by atoms with Crippen molar-refractivity contribution in [2.24, 2.45) is 0 Å². The molecule has 9 heteroatoms. The van der Waals surface area contributed by atoms with Gasteiger partial charge in [0.2, 0.25) is 5.91 Å². The summed E-state index contributed by atoms with van der Waals surface area (Å²) in [6.45, 7) is 4.70. The highest BCUT2D eigenvalue weighted by Crippen LogP contribution is 2.43. The summed E-state index contributed by atoms with van der Waals surface area (Å²) in [6, 6.07) is -0.848. The monoisotopic (exact) mass is 1030 g/mol. The van der Waals surface area contributed by atoms with Gasteiger partial charge in [0.05, 0.1) is 39.9 Å². The minimum Gasteiger partial charge on any atom is -0.387 e. The van der Waals surface area contributed by atoms with Crippen LogP contribution in [0.2, 0.25) is 0 Å². The molecule has 0 aliphatic heterocycles. The van der Waals surface area contributed by atoms with Gasteiger partial charge in [-0.1, -0.05) is 266 Å². The van der Waals surface area contributed by atoms with Gasteiger partial charge in [0.15, 0.2) is 0 Å². The molecule has 3 unspecified atom stereocenters. The highest BCUT2D eigenvalue weighted by Gasteiger charge is 2.27. The Kier molecular flexibility index (Phi) is 51.8. The SMILES string of the molecule is CC/C=C\C/C=C\C/C=C\C/C=C\C/C=C\C/C=C\CCCCCCCCCCCCCCCCCCCCC(=O)NC(COP(=O)(O)OCC[N+](C)(C)C)C(O)/C=C/CCCCCCCCCCCCC. The molecule has 0 rings (SSSR count). The molecule has 72 heavy (non-hydrogen) atoms. The predicted octanol–water partition coefficient (Wildman–Crippen LogP) is 18.4. The van der Waals surface area contributed by atoms with E-state index in [0.29, 0.717) is 17.4 Å². The number of carbonyl (C=O) groups excluding carboxylic acids is 1. The lowest BCUT2D eigenvalue weighted by Gasteiger charge is -2.25. The van der Waals surface area contributed by atoms with E-state index >= 15 is 0 Å². The number of likely N-dealkylation sites (N-methyl/N-ethyl adjacent to an activating group) is 1. The quantitative estimate of drug-likeness (QED) is 0.0243. The zero-order chi connectivity index (χ0) is 52.7. The number of aliphatic hydroxyl groups excluding tert-OH is 1. The Bertz CT molecular complexity index is 1450. The van der Waals surface area contributed by atoms with Crippen LogP contribution in [0.3, 0.4) is 0 Å². The van der Waals surface area contributed by atoms with Gasteiger partial charge in [-0.05, 0) is 70.6 Å². The van der Waals surface area contributed by atoms with Crippen LogP contribution in [0.4, 0.5) is 0 Å². The fourth-order valence-electron chi connectivity index (χ4n) is 8.46. The number of hydrogen-bond acceptors (Lipinski definition) is 5. The summed E-state index contributed by atoms with van der Waals surface area (Å²) in [4.78, 5) is 23.3. The summed E-state index contributed by atoms with van der Waals surface area (Å²) in [5.41, 5.74) is 0. The lowest BCUT2D eigenvalue weighted by molar-refractivity contribution is -0.870. The Labute approximate surface area is 446 Å². The number of allylic oxidation sites excluding steroid dienone is 13. The Morgan fingerprint density at radius 2 is 0.833 bits per heavy atom. The lowest BCUT2D eigenvalue weighted by Crippen LogP contribution is -2.45. The summed E-state index contributed by atoms with van der Waals surface area (Å²) >= 11 is 0. The molecular weight excluding hydrogens is 912 g/mol. The average molecular weight is 1030 g/mol. The number of quaternary nitrogens is 1. The average Bonchev–Trinajstić information content (AvgIpc) is 3.34. The fourth-order valence-corrected chi connectivity index (χ4v) is 9.19. The molecule has 0 aromatic heterocycles. The zero-order valence-electron chi connectivity index (χ0n) is 47.7. The molecule has 1 amide bonds. The number of nitrogens with zero attached hydrogens (tertiary/aromatic N) is 1. The number of phosphoric acid groups is 1. The van der Waals surface area contributed by atoms with Gasteiger partial charge in [-0.2, -0.15) is 0 Å². The van der Waals surface area contributed by atoms with Crippen LogP contribution in [0.1, 0.15) is 258 Å². The number of carbonyl (C=O) groups is 1. The molecule has 0 radical (unpaired) electrons. The van der Waals surface area contributed by atoms with E-state index in [-0.39, 0.29) is 19.1 Å². The van der Waals surface area contributed by atoms with E-state index in [4.69, 9.17) is 9.05 Å². The summed E-state index contributed by atoms with van der Waals surface area (Å²) in [6.07, 6.45) is 75.6. The van der Waals surface area contributed by atoms with E-state index in [1.165, 1.54) is 161 Å². The van der Waals surface area contributed by atoms with Gasteiger partial charge in [0, 0.05) is 6.42 Å². The van der Waals surface area contributed by atoms with Gasteiger partial charge in [-0.15, -0.1) is 0 Å². The first-order valence-corrected chi connectivity index (χ1v) is 31.5. The molecule has 0 saturated heterocycles. The van der Waals surface area contributed by atoms with Gasteiger partial charge in [0.25, 0.3) is 0 Å². The van der Waals surface area contributed by atoms with Gasteiger partial charge in [-0.25, -0.2) is 4.57 Å². The number of amides is 1. The van der Waals surface area contributed by atoms with Gasteiger partial charge >= 0.3 is 7.82 Å². The Hall–Kier alpha value is -2.32.